The van der Waals surface area contributed by atoms with E-state index in [-0.39, 0.29) is 24.3 Å². The first-order chi connectivity index (χ1) is 16.6. The van der Waals surface area contributed by atoms with Crippen LogP contribution in [0, 0.1) is 6.92 Å². The third-order valence-electron chi connectivity index (χ3n) is 5.70. The van der Waals surface area contributed by atoms with Gasteiger partial charge in [-0.15, -0.1) is 0 Å². The Hall–Kier alpha value is -4.02. The van der Waals surface area contributed by atoms with Gasteiger partial charge in [0.05, 0.1) is 18.0 Å². The van der Waals surface area contributed by atoms with Crippen LogP contribution in [0.2, 0.25) is 0 Å². The predicted octanol–water partition coefficient (Wildman–Crippen LogP) is 3.34. The van der Waals surface area contributed by atoms with Gasteiger partial charge in [0.1, 0.15) is 23.9 Å². The maximum atomic E-state index is 13.3. The third-order valence-corrected chi connectivity index (χ3v) is 5.70. The molecule has 2 N–H and O–H groups in total. The van der Waals surface area contributed by atoms with Crippen molar-refractivity contribution in [1.82, 2.24) is 19.9 Å². The Morgan fingerprint density at radius 1 is 1.11 bits per heavy atom. The monoisotopic (exact) mass is 485 g/mol. The van der Waals surface area contributed by atoms with Crippen molar-refractivity contribution < 1.29 is 27.5 Å². The lowest BCUT2D eigenvalue weighted by molar-refractivity contribution is -0.137. The molecule has 1 aromatic carbocycles. The molecule has 1 aliphatic heterocycles. The highest BCUT2D eigenvalue weighted by Gasteiger charge is 2.35. The molecule has 2 aromatic heterocycles. The van der Waals surface area contributed by atoms with Crippen molar-refractivity contribution in [1.29, 1.82) is 0 Å². The zero-order valence-corrected chi connectivity index (χ0v) is 18.7. The SMILES string of the molecule is Cc1ncc(-c2cccc3c2C[C@H](N(CCC(F)(F)F)C(=O)c2ccc(C(N)=O)cn2)CO3)cn1. The molecule has 2 amide bonds. The average Bonchev–Trinajstić information content (AvgIpc) is 2.83. The second kappa shape index (κ2) is 9.69. The highest BCUT2D eigenvalue weighted by atomic mass is 19.4. The molecule has 3 heterocycles. The molecular weight excluding hydrogens is 463 g/mol. The van der Waals surface area contributed by atoms with Gasteiger partial charge in [-0.3, -0.25) is 14.6 Å². The van der Waals surface area contributed by atoms with E-state index in [9.17, 15) is 22.8 Å². The van der Waals surface area contributed by atoms with Gasteiger partial charge in [0.25, 0.3) is 5.91 Å². The fourth-order valence-electron chi connectivity index (χ4n) is 3.90. The van der Waals surface area contributed by atoms with Crippen LogP contribution in [-0.4, -0.2) is 57.0 Å². The van der Waals surface area contributed by atoms with E-state index in [2.05, 4.69) is 15.0 Å². The molecule has 0 saturated heterocycles. The van der Waals surface area contributed by atoms with Gasteiger partial charge in [-0.05, 0) is 30.7 Å². The van der Waals surface area contributed by atoms with Crippen LogP contribution < -0.4 is 10.5 Å². The molecule has 0 bridgehead atoms. The summed E-state index contributed by atoms with van der Waals surface area (Å²) >= 11 is 0. The number of carbonyl (C=O) groups excluding carboxylic acids is 2. The molecule has 0 fully saturated rings. The van der Waals surface area contributed by atoms with Crippen molar-refractivity contribution in [3.63, 3.8) is 0 Å². The van der Waals surface area contributed by atoms with Gasteiger partial charge in [0.2, 0.25) is 5.91 Å². The molecule has 3 aromatic rings. The van der Waals surface area contributed by atoms with E-state index in [4.69, 9.17) is 10.5 Å². The van der Waals surface area contributed by atoms with Gasteiger partial charge < -0.3 is 15.4 Å². The maximum absolute atomic E-state index is 13.3. The highest BCUT2D eigenvalue weighted by molar-refractivity contribution is 5.95. The third kappa shape index (κ3) is 5.56. The molecule has 35 heavy (non-hydrogen) atoms. The number of primary amides is 1. The van der Waals surface area contributed by atoms with Crippen molar-refractivity contribution in [2.45, 2.75) is 32.0 Å². The van der Waals surface area contributed by atoms with Gasteiger partial charge in [-0.25, -0.2) is 9.97 Å². The zero-order valence-electron chi connectivity index (χ0n) is 18.7. The Labute approximate surface area is 199 Å². The van der Waals surface area contributed by atoms with Crippen LogP contribution in [0.3, 0.4) is 0 Å². The molecule has 0 unspecified atom stereocenters. The number of hydrogen-bond donors (Lipinski definition) is 1. The number of aromatic nitrogens is 3. The number of ether oxygens (including phenoxy) is 1. The number of aryl methyl sites for hydroxylation is 1. The number of pyridine rings is 1. The Balaban J connectivity index is 1.66. The van der Waals surface area contributed by atoms with Crippen LogP contribution >= 0.6 is 0 Å². The lowest BCUT2D eigenvalue weighted by atomic mass is 9.93. The summed E-state index contributed by atoms with van der Waals surface area (Å²) in [7, 11) is 0. The van der Waals surface area contributed by atoms with Crippen molar-refractivity contribution in [2.75, 3.05) is 13.2 Å². The number of hydrogen-bond acceptors (Lipinski definition) is 6. The number of nitrogens with zero attached hydrogens (tertiary/aromatic N) is 4. The average molecular weight is 485 g/mol. The second-order valence-electron chi connectivity index (χ2n) is 8.13. The Kier molecular flexibility index (Phi) is 6.68. The number of amides is 2. The molecule has 1 aliphatic rings. The summed E-state index contributed by atoms with van der Waals surface area (Å²) in [5.74, 6) is -0.230. The minimum Gasteiger partial charge on any atom is -0.491 e. The second-order valence-corrected chi connectivity index (χ2v) is 8.13. The zero-order chi connectivity index (χ0) is 25.2. The lowest BCUT2D eigenvalue weighted by Crippen LogP contribution is -2.48. The van der Waals surface area contributed by atoms with E-state index in [1.54, 1.807) is 25.4 Å². The van der Waals surface area contributed by atoms with Gasteiger partial charge in [-0.2, -0.15) is 13.2 Å². The molecule has 11 heteroatoms. The molecule has 0 spiro atoms. The van der Waals surface area contributed by atoms with Crippen LogP contribution in [0.4, 0.5) is 13.2 Å². The molecular formula is C24H22F3N5O3. The highest BCUT2D eigenvalue weighted by Crippen LogP contribution is 2.35. The number of rotatable bonds is 6. The minimum atomic E-state index is -4.46. The fraction of sp³-hybridized carbons (Fsp3) is 0.292. The first-order valence-electron chi connectivity index (χ1n) is 10.8. The maximum Gasteiger partial charge on any atom is 0.390 e. The summed E-state index contributed by atoms with van der Waals surface area (Å²) in [4.78, 5) is 38.1. The Morgan fingerprint density at radius 3 is 2.49 bits per heavy atom. The van der Waals surface area contributed by atoms with Crippen LogP contribution in [0.25, 0.3) is 11.1 Å². The number of alkyl halides is 3. The predicted molar refractivity (Wildman–Crippen MR) is 120 cm³/mol. The van der Waals surface area contributed by atoms with Crippen LogP contribution in [-0.2, 0) is 6.42 Å². The minimum absolute atomic E-state index is 0.0177. The fourth-order valence-corrected chi connectivity index (χ4v) is 3.90. The standard InChI is InChI=1S/C24H22F3N5O3/c1-14-29-11-16(12-30-14)18-3-2-4-21-19(18)9-17(13-35-21)32(8-7-24(25,26)27)23(34)20-6-5-15(10-31-20)22(28)33/h2-6,10-12,17H,7-9,13H2,1H3,(H2,28,33)/t17-/m0/s1. The topological polar surface area (TPSA) is 111 Å². The Morgan fingerprint density at radius 2 is 1.86 bits per heavy atom. The molecule has 1 atom stereocenters. The summed E-state index contributed by atoms with van der Waals surface area (Å²) in [5, 5.41) is 0. The van der Waals surface area contributed by atoms with Crippen molar-refractivity contribution in [2.24, 2.45) is 5.73 Å². The smallest absolute Gasteiger partial charge is 0.390 e. The van der Waals surface area contributed by atoms with E-state index in [1.165, 1.54) is 12.1 Å². The first kappa shape index (κ1) is 24.1. The summed E-state index contributed by atoms with van der Waals surface area (Å²) < 4.78 is 45.2. The molecule has 0 aliphatic carbocycles. The number of fused-ring (bicyclic) bond motifs is 1. The molecule has 4 rings (SSSR count). The summed E-state index contributed by atoms with van der Waals surface area (Å²) in [6.45, 7) is 1.21. The van der Waals surface area contributed by atoms with Crippen LogP contribution in [0.15, 0.2) is 48.9 Å². The van der Waals surface area contributed by atoms with E-state index < -0.39 is 37.0 Å². The van der Waals surface area contributed by atoms with Gasteiger partial charge in [-0.1, -0.05) is 12.1 Å². The molecule has 8 nitrogen and oxygen atoms in total. The van der Waals surface area contributed by atoms with Crippen LogP contribution in [0.1, 0.15) is 38.7 Å². The van der Waals surface area contributed by atoms with Crippen molar-refractivity contribution >= 4 is 11.8 Å². The lowest BCUT2D eigenvalue weighted by Gasteiger charge is -2.36. The first-order valence-corrected chi connectivity index (χ1v) is 10.8. The van der Waals surface area contributed by atoms with Gasteiger partial charge >= 0.3 is 6.18 Å². The van der Waals surface area contributed by atoms with E-state index >= 15 is 0 Å². The van der Waals surface area contributed by atoms with Crippen LogP contribution in [0.5, 0.6) is 5.75 Å². The quantitative estimate of drug-likeness (QED) is 0.573. The van der Waals surface area contributed by atoms with Gasteiger partial charge in [0.15, 0.2) is 0 Å². The number of nitrogens with two attached hydrogens (primary N) is 1. The number of carbonyl (C=O) groups is 2. The van der Waals surface area contributed by atoms with Gasteiger partial charge in [0, 0.05) is 42.7 Å². The largest absolute Gasteiger partial charge is 0.491 e. The summed E-state index contributed by atoms with van der Waals surface area (Å²) in [6.07, 6.45) is -0.923. The summed E-state index contributed by atoms with van der Waals surface area (Å²) in [6, 6.07) is 7.34. The summed E-state index contributed by atoms with van der Waals surface area (Å²) in [5.41, 5.74) is 7.45. The Bertz CT molecular complexity index is 1230. The molecule has 0 saturated carbocycles. The molecule has 0 radical (unpaired) electrons. The van der Waals surface area contributed by atoms with Crippen molar-refractivity contribution in [3.8, 4) is 16.9 Å². The van der Waals surface area contributed by atoms with E-state index in [1.807, 2.05) is 12.1 Å². The number of halogens is 3. The normalized spacial score (nSPS) is 15.1. The molecule has 182 valence electrons. The van der Waals surface area contributed by atoms with E-state index in [0.29, 0.717) is 11.6 Å². The van der Waals surface area contributed by atoms with E-state index in [0.717, 1.165) is 27.8 Å². The number of benzene rings is 1. The van der Waals surface area contributed by atoms with Crippen molar-refractivity contribution in [3.05, 3.63) is 71.6 Å².